The number of fused-ring (bicyclic) bond motifs is 1. The minimum Gasteiger partial charge on any atom is -0.458 e. The summed E-state index contributed by atoms with van der Waals surface area (Å²) >= 11 is 7.20. The number of likely N-dealkylation sites (tertiary alicyclic amines) is 1. The fourth-order valence-electron chi connectivity index (χ4n) is 2.83. The third-order valence-electron chi connectivity index (χ3n) is 4.01. The van der Waals surface area contributed by atoms with Crippen molar-refractivity contribution in [2.24, 2.45) is 0 Å². The first kappa shape index (κ1) is 16.2. The van der Waals surface area contributed by atoms with Gasteiger partial charge in [0.2, 0.25) is 0 Å². The molecule has 0 saturated carbocycles. The molecule has 0 bridgehead atoms. The van der Waals surface area contributed by atoms with Gasteiger partial charge in [-0.05, 0) is 25.0 Å². The number of thiazole rings is 1. The summed E-state index contributed by atoms with van der Waals surface area (Å²) in [6.07, 6.45) is 4.59. The van der Waals surface area contributed by atoms with E-state index >= 15 is 0 Å². The number of ether oxygens (including phenoxy) is 1. The van der Waals surface area contributed by atoms with Crippen LogP contribution in [0.15, 0.2) is 36.7 Å². The summed E-state index contributed by atoms with van der Waals surface area (Å²) in [5.74, 6) is -0.0495. The molecule has 1 atom stereocenters. The van der Waals surface area contributed by atoms with Crippen LogP contribution in [0.25, 0.3) is 10.2 Å². The van der Waals surface area contributed by atoms with Gasteiger partial charge in [0.15, 0.2) is 5.01 Å². The summed E-state index contributed by atoms with van der Waals surface area (Å²) in [5.41, 5.74) is 0.857. The van der Waals surface area contributed by atoms with E-state index in [2.05, 4.69) is 15.0 Å². The Kier molecular flexibility index (Phi) is 4.50. The van der Waals surface area contributed by atoms with Gasteiger partial charge in [-0.15, -0.1) is 11.3 Å². The molecule has 2 aromatic heterocycles. The van der Waals surface area contributed by atoms with E-state index in [-0.39, 0.29) is 18.0 Å². The lowest BCUT2D eigenvalue weighted by atomic mass is 10.1. The van der Waals surface area contributed by atoms with Crippen LogP contribution in [0.5, 0.6) is 6.01 Å². The number of carbonyl (C=O) groups is 1. The van der Waals surface area contributed by atoms with E-state index in [9.17, 15) is 4.79 Å². The Morgan fingerprint density at radius 3 is 2.88 bits per heavy atom. The van der Waals surface area contributed by atoms with Crippen LogP contribution in [0.1, 0.15) is 22.6 Å². The Balaban J connectivity index is 1.46. The number of para-hydroxylation sites is 1. The van der Waals surface area contributed by atoms with Gasteiger partial charge in [-0.1, -0.05) is 23.7 Å². The molecule has 1 saturated heterocycles. The molecule has 0 aliphatic carbocycles. The molecular weight excluding hydrogens is 360 g/mol. The molecule has 25 heavy (non-hydrogen) atoms. The summed E-state index contributed by atoms with van der Waals surface area (Å²) in [6.45, 7) is 1.21. The number of nitrogens with zero attached hydrogens (tertiary/aromatic N) is 4. The first-order valence-corrected chi connectivity index (χ1v) is 9.17. The standard InChI is InChI=1S/C17H15ClN4O2S/c18-11-8-19-17(20-9-11)24-12-4-3-7-22(10-12)16(23)15-21-13-5-1-2-6-14(13)25-15/h1-2,5-6,8-9,12H,3-4,7,10H2. The largest absolute Gasteiger partial charge is 0.458 e. The van der Waals surface area contributed by atoms with Crippen molar-refractivity contribution in [3.8, 4) is 6.01 Å². The van der Waals surface area contributed by atoms with Crippen LogP contribution in [-0.2, 0) is 0 Å². The molecule has 1 aromatic carbocycles. The van der Waals surface area contributed by atoms with E-state index in [0.29, 0.717) is 23.1 Å². The number of aromatic nitrogens is 3. The predicted molar refractivity (Wildman–Crippen MR) is 96.2 cm³/mol. The van der Waals surface area contributed by atoms with Crippen molar-refractivity contribution < 1.29 is 9.53 Å². The molecule has 0 spiro atoms. The van der Waals surface area contributed by atoms with Crippen molar-refractivity contribution in [2.75, 3.05) is 13.1 Å². The summed E-state index contributed by atoms with van der Waals surface area (Å²) in [4.78, 5) is 27.1. The van der Waals surface area contributed by atoms with Gasteiger partial charge in [-0.3, -0.25) is 4.79 Å². The first-order chi connectivity index (χ1) is 12.2. The summed E-state index contributed by atoms with van der Waals surface area (Å²) in [5, 5.41) is 0.980. The topological polar surface area (TPSA) is 68.2 Å². The lowest BCUT2D eigenvalue weighted by molar-refractivity contribution is 0.0515. The molecule has 1 amide bonds. The zero-order valence-electron chi connectivity index (χ0n) is 13.3. The smallest absolute Gasteiger partial charge is 0.316 e. The minimum absolute atomic E-state index is 0.0495. The van der Waals surface area contributed by atoms with Gasteiger partial charge in [-0.2, -0.15) is 0 Å². The SMILES string of the molecule is O=C(c1nc2ccccc2s1)N1CCCC(Oc2ncc(Cl)cn2)C1. The Morgan fingerprint density at radius 1 is 1.28 bits per heavy atom. The molecule has 1 aliphatic heterocycles. The van der Waals surface area contributed by atoms with Gasteiger partial charge in [-0.25, -0.2) is 15.0 Å². The Hall–Kier alpha value is -2.25. The number of rotatable bonds is 3. The van der Waals surface area contributed by atoms with Crippen LogP contribution in [-0.4, -0.2) is 45.0 Å². The molecule has 6 nitrogen and oxygen atoms in total. The maximum Gasteiger partial charge on any atom is 0.316 e. The van der Waals surface area contributed by atoms with Crippen LogP contribution >= 0.6 is 22.9 Å². The molecule has 3 heterocycles. The second-order valence-electron chi connectivity index (χ2n) is 5.80. The summed E-state index contributed by atoms with van der Waals surface area (Å²) < 4.78 is 6.81. The van der Waals surface area contributed by atoms with Crippen LogP contribution in [0.4, 0.5) is 0 Å². The minimum atomic E-state index is -0.131. The number of benzene rings is 1. The number of hydrogen-bond acceptors (Lipinski definition) is 6. The fraction of sp³-hybridized carbons (Fsp3) is 0.294. The zero-order valence-corrected chi connectivity index (χ0v) is 14.8. The molecule has 4 rings (SSSR count). The van der Waals surface area contributed by atoms with Gasteiger partial charge >= 0.3 is 6.01 Å². The Labute approximate surface area is 153 Å². The van der Waals surface area contributed by atoms with E-state index in [1.54, 1.807) is 4.90 Å². The van der Waals surface area contributed by atoms with Gasteiger partial charge in [0, 0.05) is 6.54 Å². The summed E-state index contributed by atoms with van der Waals surface area (Å²) in [7, 11) is 0. The molecule has 0 radical (unpaired) electrons. The van der Waals surface area contributed by atoms with Crippen LogP contribution in [0.3, 0.4) is 0 Å². The molecule has 8 heteroatoms. The Morgan fingerprint density at radius 2 is 2.08 bits per heavy atom. The second kappa shape index (κ2) is 6.93. The lowest BCUT2D eigenvalue weighted by Gasteiger charge is -2.31. The van der Waals surface area contributed by atoms with Crippen molar-refractivity contribution >= 4 is 39.1 Å². The van der Waals surface area contributed by atoms with Crippen molar-refractivity contribution in [2.45, 2.75) is 18.9 Å². The molecule has 1 unspecified atom stereocenters. The highest BCUT2D eigenvalue weighted by Crippen LogP contribution is 2.24. The molecule has 1 aliphatic rings. The van der Waals surface area contributed by atoms with Crippen molar-refractivity contribution in [3.63, 3.8) is 0 Å². The Bertz CT molecular complexity index is 866. The fourth-order valence-corrected chi connectivity index (χ4v) is 3.86. The average Bonchev–Trinajstić information content (AvgIpc) is 3.07. The molecule has 0 N–H and O–H groups in total. The highest BCUT2D eigenvalue weighted by atomic mass is 35.5. The van der Waals surface area contributed by atoms with Crippen LogP contribution in [0.2, 0.25) is 5.02 Å². The number of halogens is 1. The predicted octanol–water partition coefficient (Wildman–Crippen LogP) is 3.42. The van der Waals surface area contributed by atoms with Gasteiger partial charge in [0.1, 0.15) is 6.10 Å². The molecule has 128 valence electrons. The first-order valence-electron chi connectivity index (χ1n) is 7.98. The van der Waals surface area contributed by atoms with Crippen molar-refractivity contribution in [1.82, 2.24) is 19.9 Å². The van der Waals surface area contributed by atoms with E-state index in [0.717, 1.165) is 23.1 Å². The normalized spacial score (nSPS) is 17.6. The number of piperidine rings is 1. The van der Waals surface area contributed by atoms with E-state index in [4.69, 9.17) is 16.3 Å². The van der Waals surface area contributed by atoms with Crippen molar-refractivity contribution in [1.29, 1.82) is 0 Å². The maximum atomic E-state index is 12.8. The maximum absolute atomic E-state index is 12.8. The highest BCUT2D eigenvalue weighted by molar-refractivity contribution is 7.20. The van der Waals surface area contributed by atoms with Gasteiger partial charge < -0.3 is 9.64 Å². The van der Waals surface area contributed by atoms with Crippen LogP contribution in [0, 0.1) is 0 Å². The number of carbonyl (C=O) groups excluding carboxylic acids is 1. The quantitative estimate of drug-likeness (QED) is 0.702. The average molecular weight is 375 g/mol. The number of amides is 1. The number of hydrogen-bond donors (Lipinski definition) is 0. The second-order valence-corrected chi connectivity index (χ2v) is 7.27. The zero-order chi connectivity index (χ0) is 17.2. The monoisotopic (exact) mass is 374 g/mol. The van der Waals surface area contributed by atoms with E-state index in [1.807, 2.05) is 24.3 Å². The third kappa shape index (κ3) is 3.57. The molecule has 1 fully saturated rings. The molecule has 3 aromatic rings. The third-order valence-corrected chi connectivity index (χ3v) is 5.23. The summed E-state index contributed by atoms with van der Waals surface area (Å²) in [6, 6.07) is 8.05. The van der Waals surface area contributed by atoms with Gasteiger partial charge in [0.25, 0.3) is 5.91 Å². The molecular formula is C17H15ClN4O2S. The van der Waals surface area contributed by atoms with Gasteiger partial charge in [0.05, 0.1) is 34.2 Å². The highest BCUT2D eigenvalue weighted by Gasteiger charge is 2.28. The van der Waals surface area contributed by atoms with E-state index in [1.165, 1.54) is 23.7 Å². The van der Waals surface area contributed by atoms with Crippen molar-refractivity contribution in [3.05, 3.63) is 46.7 Å². The van der Waals surface area contributed by atoms with E-state index < -0.39 is 0 Å². The lowest BCUT2D eigenvalue weighted by Crippen LogP contribution is -2.44. The van der Waals surface area contributed by atoms with Crippen LogP contribution < -0.4 is 4.74 Å².